The standard InChI is InChI=1S/C21H34N2O4/c24-18(9-5-4-8-14-6-2-1-3-7-14)22-16-12-26-20-17(13-27-19(16)20)23-21(25)15-10-11-15/h14-17,19-20H,1-13H2,(H,22,24)(H,23,25). The second kappa shape index (κ2) is 8.91. The number of nitrogens with one attached hydrogen (secondary N) is 2. The molecule has 27 heavy (non-hydrogen) atoms. The van der Waals surface area contributed by atoms with Crippen LogP contribution in [0.25, 0.3) is 0 Å². The van der Waals surface area contributed by atoms with E-state index >= 15 is 0 Å². The maximum Gasteiger partial charge on any atom is 0.223 e. The van der Waals surface area contributed by atoms with E-state index in [0.29, 0.717) is 19.6 Å². The summed E-state index contributed by atoms with van der Waals surface area (Å²) in [4.78, 5) is 24.3. The van der Waals surface area contributed by atoms with Gasteiger partial charge in [0.05, 0.1) is 25.3 Å². The molecule has 0 radical (unpaired) electrons. The van der Waals surface area contributed by atoms with Gasteiger partial charge in [-0.25, -0.2) is 0 Å². The van der Waals surface area contributed by atoms with E-state index in [0.717, 1.165) is 31.6 Å². The van der Waals surface area contributed by atoms with E-state index in [1.807, 2.05) is 0 Å². The van der Waals surface area contributed by atoms with Crippen molar-refractivity contribution in [3.63, 3.8) is 0 Å². The second-order valence-electron chi connectivity index (χ2n) is 8.91. The van der Waals surface area contributed by atoms with E-state index in [2.05, 4.69) is 10.6 Å². The number of unbranched alkanes of at least 4 members (excludes halogenated alkanes) is 1. The molecule has 4 atom stereocenters. The highest BCUT2D eigenvalue weighted by atomic mass is 16.6. The zero-order valence-corrected chi connectivity index (χ0v) is 16.3. The van der Waals surface area contributed by atoms with Crippen LogP contribution in [0.1, 0.15) is 70.6 Å². The van der Waals surface area contributed by atoms with Crippen LogP contribution in [0.2, 0.25) is 0 Å². The van der Waals surface area contributed by atoms with Crippen LogP contribution in [0.15, 0.2) is 0 Å². The molecule has 2 heterocycles. The number of hydrogen-bond donors (Lipinski definition) is 2. The van der Waals surface area contributed by atoms with Gasteiger partial charge in [0.25, 0.3) is 0 Å². The predicted octanol–water partition coefficient (Wildman–Crippen LogP) is 2.30. The van der Waals surface area contributed by atoms with E-state index in [9.17, 15) is 9.59 Å². The third kappa shape index (κ3) is 5.02. The Bertz CT molecular complexity index is 530. The van der Waals surface area contributed by atoms with Gasteiger partial charge in [0.15, 0.2) is 0 Å². The summed E-state index contributed by atoms with van der Waals surface area (Å²) in [6.45, 7) is 0.945. The lowest BCUT2D eigenvalue weighted by atomic mass is 9.85. The Kier molecular flexibility index (Phi) is 6.33. The summed E-state index contributed by atoms with van der Waals surface area (Å²) in [7, 11) is 0. The molecule has 4 aliphatic rings. The van der Waals surface area contributed by atoms with Gasteiger partial charge in [-0.1, -0.05) is 44.9 Å². The summed E-state index contributed by atoms with van der Waals surface area (Å²) in [5.41, 5.74) is 0. The van der Waals surface area contributed by atoms with Gasteiger partial charge in [0, 0.05) is 12.3 Å². The van der Waals surface area contributed by atoms with E-state index in [1.54, 1.807) is 0 Å². The van der Waals surface area contributed by atoms with Crippen molar-refractivity contribution < 1.29 is 19.1 Å². The van der Waals surface area contributed by atoms with Crippen LogP contribution in [0.3, 0.4) is 0 Å². The van der Waals surface area contributed by atoms with E-state index in [1.165, 1.54) is 38.5 Å². The fourth-order valence-corrected chi connectivity index (χ4v) is 4.87. The Morgan fingerprint density at radius 2 is 1.48 bits per heavy atom. The highest BCUT2D eigenvalue weighted by Gasteiger charge is 2.49. The lowest BCUT2D eigenvalue weighted by molar-refractivity contribution is -0.123. The molecule has 0 spiro atoms. The fraction of sp³-hybridized carbons (Fsp3) is 0.905. The molecule has 6 nitrogen and oxygen atoms in total. The number of ether oxygens (including phenoxy) is 2. The summed E-state index contributed by atoms with van der Waals surface area (Å²) in [5, 5.41) is 6.15. The molecule has 2 N–H and O–H groups in total. The highest BCUT2D eigenvalue weighted by Crippen LogP contribution is 2.32. The van der Waals surface area contributed by atoms with Crippen molar-refractivity contribution in [3.05, 3.63) is 0 Å². The summed E-state index contributed by atoms with van der Waals surface area (Å²) < 4.78 is 11.7. The molecule has 0 aromatic heterocycles. The lowest BCUT2D eigenvalue weighted by Gasteiger charge is -2.21. The minimum absolute atomic E-state index is 0.0829. The Hall–Kier alpha value is -1.14. The van der Waals surface area contributed by atoms with Crippen LogP contribution >= 0.6 is 0 Å². The topological polar surface area (TPSA) is 76.7 Å². The first kappa shape index (κ1) is 19.2. The quantitative estimate of drug-likeness (QED) is 0.636. The minimum Gasteiger partial charge on any atom is -0.371 e. The molecule has 6 heteroatoms. The molecule has 4 unspecified atom stereocenters. The Balaban J connectivity index is 1.13. The van der Waals surface area contributed by atoms with Crippen molar-refractivity contribution in [2.24, 2.45) is 11.8 Å². The number of carbonyl (C=O) groups is 2. The summed E-state index contributed by atoms with van der Waals surface area (Å²) in [6, 6.07) is -0.177. The Morgan fingerprint density at radius 3 is 2.15 bits per heavy atom. The smallest absolute Gasteiger partial charge is 0.223 e. The number of hydrogen-bond acceptors (Lipinski definition) is 4. The van der Waals surface area contributed by atoms with Crippen molar-refractivity contribution in [3.8, 4) is 0 Å². The first-order valence-corrected chi connectivity index (χ1v) is 11.0. The van der Waals surface area contributed by atoms with Gasteiger partial charge in [-0.15, -0.1) is 0 Å². The molecule has 0 aromatic rings. The maximum atomic E-state index is 12.3. The number of carbonyl (C=O) groups excluding carboxylic acids is 2. The average molecular weight is 379 g/mol. The van der Waals surface area contributed by atoms with Crippen molar-refractivity contribution in [1.82, 2.24) is 10.6 Å². The number of amides is 2. The number of rotatable bonds is 8. The van der Waals surface area contributed by atoms with Crippen molar-refractivity contribution in [1.29, 1.82) is 0 Å². The second-order valence-corrected chi connectivity index (χ2v) is 8.91. The first-order chi connectivity index (χ1) is 13.2. The van der Waals surface area contributed by atoms with Crippen molar-refractivity contribution in [2.45, 2.75) is 94.9 Å². The average Bonchev–Trinajstić information content (AvgIpc) is 3.35. The molecule has 2 amide bonds. The van der Waals surface area contributed by atoms with Crippen LogP contribution in [-0.2, 0) is 19.1 Å². The zero-order valence-electron chi connectivity index (χ0n) is 16.3. The molecule has 4 rings (SSSR count). The largest absolute Gasteiger partial charge is 0.371 e. The highest BCUT2D eigenvalue weighted by molar-refractivity contribution is 5.81. The van der Waals surface area contributed by atoms with Gasteiger partial charge in [-0.05, 0) is 25.2 Å². The lowest BCUT2D eigenvalue weighted by Crippen LogP contribution is -2.47. The molecule has 2 aliphatic heterocycles. The number of fused-ring (bicyclic) bond motifs is 1. The maximum absolute atomic E-state index is 12.3. The van der Waals surface area contributed by atoms with Gasteiger partial charge < -0.3 is 20.1 Å². The zero-order chi connectivity index (χ0) is 18.6. The molecular weight excluding hydrogens is 344 g/mol. The Morgan fingerprint density at radius 1 is 0.815 bits per heavy atom. The normalized spacial score (nSPS) is 33.6. The van der Waals surface area contributed by atoms with Crippen LogP contribution in [0.4, 0.5) is 0 Å². The molecule has 0 aromatic carbocycles. The van der Waals surface area contributed by atoms with Gasteiger partial charge in [-0.3, -0.25) is 9.59 Å². The van der Waals surface area contributed by atoms with Gasteiger partial charge in [-0.2, -0.15) is 0 Å². The van der Waals surface area contributed by atoms with Gasteiger partial charge in [0.1, 0.15) is 12.2 Å². The minimum atomic E-state index is -0.138. The molecule has 2 saturated heterocycles. The molecule has 0 bridgehead atoms. The van der Waals surface area contributed by atoms with Crippen molar-refractivity contribution in [2.75, 3.05) is 13.2 Å². The molecule has 4 fully saturated rings. The summed E-state index contributed by atoms with van der Waals surface area (Å²) >= 11 is 0. The summed E-state index contributed by atoms with van der Waals surface area (Å²) in [6.07, 6.45) is 12.6. The third-order valence-corrected chi connectivity index (χ3v) is 6.67. The van der Waals surface area contributed by atoms with E-state index < -0.39 is 0 Å². The first-order valence-electron chi connectivity index (χ1n) is 11.0. The van der Waals surface area contributed by atoms with Crippen molar-refractivity contribution >= 4 is 11.8 Å². The van der Waals surface area contributed by atoms with Gasteiger partial charge >= 0.3 is 0 Å². The van der Waals surface area contributed by atoms with Crippen LogP contribution in [0.5, 0.6) is 0 Å². The molecule has 2 aliphatic carbocycles. The van der Waals surface area contributed by atoms with Crippen LogP contribution in [0, 0.1) is 11.8 Å². The monoisotopic (exact) mass is 378 g/mol. The molecule has 2 saturated carbocycles. The van der Waals surface area contributed by atoms with Crippen LogP contribution < -0.4 is 10.6 Å². The molecule has 152 valence electrons. The van der Waals surface area contributed by atoms with Crippen LogP contribution in [-0.4, -0.2) is 49.3 Å². The fourth-order valence-electron chi connectivity index (χ4n) is 4.87. The molecular formula is C21H34N2O4. The SMILES string of the molecule is O=C(CCCCC1CCCCC1)NC1COC2C(NC(=O)C3CC3)COC12. The predicted molar refractivity (Wildman–Crippen MR) is 101 cm³/mol. The third-order valence-electron chi connectivity index (χ3n) is 6.67. The summed E-state index contributed by atoms with van der Waals surface area (Å²) in [5.74, 6) is 1.30. The van der Waals surface area contributed by atoms with E-state index in [-0.39, 0.29) is 42.0 Å². The Labute approximate surface area is 162 Å². The van der Waals surface area contributed by atoms with Gasteiger partial charge in [0.2, 0.25) is 11.8 Å². The van der Waals surface area contributed by atoms with E-state index in [4.69, 9.17) is 9.47 Å².